The fourth-order valence-electron chi connectivity index (χ4n) is 2.16. The number of halogens is 1. The minimum Gasteiger partial charge on any atom is -0.497 e. The van der Waals surface area contributed by atoms with Gasteiger partial charge in [0.15, 0.2) is 11.3 Å². The maximum absolute atomic E-state index is 12.1. The van der Waals surface area contributed by atoms with Crippen LogP contribution in [-0.4, -0.2) is 37.2 Å². The summed E-state index contributed by atoms with van der Waals surface area (Å²) in [6, 6.07) is 8.33. The highest BCUT2D eigenvalue weighted by Gasteiger charge is 2.20. The van der Waals surface area contributed by atoms with Crippen molar-refractivity contribution in [1.82, 2.24) is 4.98 Å². The zero-order chi connectivity index (χ0) is 19.1. The number of ether oxygens (including phenoxy) is 3. The van der Waals surface area contributed by atoms with Gasteiger partial charge in [-0.15, -0.1) is 0 Å². The van der Waals surface area contributed by atoms with Gasteiger partial charge in [-0.25, -0.2) is 4.98 Å². The summed E-state index contributed by atoms with van der Waals surface area (Å²) < 4.78 is 15.5. The largest absolute Gasteiger partial charge is 0.497 e. The van der Waals surface area contributed by atoms with Crippen molar-refractivity contribution in [2.45, 2.75) is 19.4 Å². The molecule has 0 aliphatic rings. The number of rotatable bonds is 7. The molecule has 1 aromatic heterocycles. The first-order chi connectivity index (χ1) is 12.4. The number of nitrogens with one attached hydrogen (secondary N) is 1. The summed E-state index contributed by atoms with van der Waals surface area (Å²) in [7, 11) is 3.04. The monoisotopic (exact) mass is 378 g/mol. The molecule has 138 valence electrons. The molecule has 0 saturated heterocycles. The van der Waals surface area contributed by atoms with Crippen LogP contribution >= 0.6 is 11.6 Å². The Labute approximate surface area is 156 Å². The average Bonchev–Trinajstić information content (AvgIpc) is 2.63. The summed E-state index contributed by atoms with van der Waals surface area (Å²) in [6.07, 6.45) is 0.463. The Balaban J connectivity index is 1.96. The van der Waals surface area contributed by atoms with E-state index in [9.17, 15) is 9.59 Å². The van der Waals surface area contributed by atoms with Gasteiger partial charge in [-0.1, -0.05) is 17.7 Å². The Morgan fingerprint density at radius 1 is 1.23 bits per heavy atom. The van der Waals surface area contributed by atoms with Gasteiger partial charge in [0.2, 0.25) is 0 Å². The molecule has 0 spiro atoms. The first kappa shape index (κ1) is 19.5. The Morgan fingerprint density at radius 2 is 2.00 bits per heavy atom. The maximum atomic E-state index is 12.1. The Hall–Kier alpha value is -2.80. The first-order valence-corrected chi connectivity index (χ1v) is 8.14. The number of methoxy groups -OCH3 is 2. The summed E-state index contributed by atoms with van der Waals surface area (Å²) in [6.45, 7) is 1.47. The molecule has 0 aliphatic heterocycles. The van der Waals surface area contributed by atoms with Crippen molar-refractivity contribution in [2.75, 3.05) is 19.5 Å². The molecule has 0 saturated carbocycles. The summed E-state index contributed by atoms with van der Waals surface area (Å²) >= 11 is 5.89. The van der Waals surface area contributed by atoms with Crippen LogP contribution in [0.25, 0.3) is 0 Å². The van der Waals surface area contributed by atoms with Crippen LogP contribution < -0.4 is 14.8 Å². The van der Waals surface area contributed by atoms with Crippen LogP contribution in [-0.2, 0) is 20.7 Å². The molecule has 1 N–H and O–H groups in total. The van der Waals surface area contributed by atoms with Crippen LogP contribution in [0.1, 0.15) is 12.5 Å². The van der Waals surface area contributed by atoms with Gasteiger partial charge in [0.25, 0.3) is 5.91 Å². The number of pyridine rings is 1. The maximum Gasteiger partial charge on any atom is 0.311 e. The van der Waals surface area contributed by atoms with Crippen LogP contribution in [0.2, 0.25) is 5.15 Å². The molecular weight excluding hydrogens is 360 g/mol. The van der Waals surface area contributed by atoms with Crippen LogP contribution in [0, 0.1) is 0 Å². The number of amides is 1. The van der Waals surface area contributed by atoms with Gasteiger partial charge >= 0.3 is 5.97 Å². The van der Waals surface area contributed by atoms with Crippen molar-refractivity contribution in [3.8, 4) is 11.5 Å². The second-order valence-corrected chi connectivity index (χ2v) is 5.68. The van der Waals surface area contributed by atoms with E-state index in [1.807, 2.05) is 0 Å². The highest BCUT2D eigenvalue weighted by molar-refractivity contribution is 6.32. The molecule has 1 aromatic carbocycles. The van der Waals surface area contributed by atoms with E-state index in [2.05, 4.69) is 10.3 Å². The molecule has 26 heavy (non-hydrogen) atoms. The van der Waals surface area contributed by atoms with Crippen molar-refractivity contribution in [3.05, 3.63) is 47.2 Å². The molecule has 7 nitrogen and oxygen atoms in total. The molecule has 0 bridgehead atoms. The molecule has 0 fully saturated rings. The SMILES string of the molecule is COc1ccc(CC(=O)O[C@H](C)C(=O)Nc2cccnc2Cl)c(OC)c1. The number of carbonyl (C=O) groups is 2. The lowest BCUT2D eigenvalue weighted by Gasteiger charge is -2.15. The summed E-state index contributed by atoms with van der Waals surface area (Å²) in [5.41, 5.74) is 0.972. The van der Waals surface area contributed by atoms with Gasteiger partial charge in [-0.05, 0) is 25.1 Å². The van der Waals surface area contributed by atoms with Crippen LogP contribution in [0.4, 0.5) is 5.69 Å². The number of hydrogen-bond acceptors (Lipinski definition) is 6. The van der Waals surface area contributed by atoms with Crippen LogP contribution in [0.3, 0.4) is 0 Å². The quantitative estimate of drug-likeness (QED) is 0.589. The normalized spacial score (nSPS) is 11.4. The van der Waals surface area contributed by atoms with Crippen molar-refractivity contribution < 1.29 is 23.8 Å². The van der Waals surface area contributed by atoms with Crippen LogP contribution in [0.5, 0.6) is 11.5 Å². The lowest BCUT2D eigenvalue weighted by atomic mass is 10.1. The Bertz CT molecular complexity index is 797. The van der Waals surface area contributed by atoms with E-state index in [0.29, 0.717) is 22.7 Å². The standard InChI is InChI=1S/C18H19ClN2O5/c1-11(18(23)21-14-5-4-8-20-17(14)19)26-16(22)9-12-6-7-13(24-2)10-15(12)25-3/h4-8,10-11H,9H2,1-3H3,(H,21,23)/t11-/m1/s1. The zero-order valence-electron chi connectivity index (χ0n) is 14.6. The molecule has 1 amide bonds. The number of nitrogens with zero attached hydrogens (tertiary/aromatic N) is 1. The highest BCUT2D eigenvalue weighted by atomic mass is 35.5. The van der Waals surface area contributed by atoms with Gasteiger partial charge in [0.05, 0.1) is 26.3 Å². The van der Waals surface area contributed by atoms with E-state index in [0.717, 1.165) is 0 Å². The fraction of sp³-hybridized carbons (Fsp3) is 0.278. The molecule has 2 rings (SSSR count). The minimum atomic E-state index is -0.997. The van der Waals surface area contributed by atoms with E-state index < -0.39 is 18.0 Å². The summed E-state index contributed by atoms with van der Waals surface area (Å²) in [5, 5.41) is 2.72. The van der Waals surface area contributed by atoms with Crippen LogP contribution in [0.15, 0.2) is 36.5 Å². The van der Waals surface area contributed by atoms with Gasteiger partial charge in [0.1, 0.15) is 11.5 Å². The zero-order valence-corrected chi connectivity index (χ0v) is 15.4. The molecule has 1 heterocycles. The topological polar surface area (TPSA) is 86.8 Å². The number of aromatic nitrogens is 1. The van der Waals surface area contributed by atoms with E-state index >= 15 is 0 Å². The number of benzene rings is 1. The van der Waals surface area contributed by atoms with Crippen molar-refractivity contribution >= 4 is 29.2 Å². The number of anilines is 1. The predicted octanol–water partition coefficient (Wildman–Crippen LogP) is 2.87. The fourth-order valence-corrected chi connectivity index (χ4v) is 2.33. The lowest BCUT2D eigenvalue weighted by Crippen LogP contribution is -2.30. The number of esters is 1. The van der Waals surface area contributed by atoms with E-state index in [-0.39, 0.29) is 11.6 Å². The number of carbonyl (C=O) groups excluding carboxylic acids is 2. The van der Waals surface area contributed by atoms with Crippen molar-refractivity contribution in [2.24, 2.45) is 0 Å². The molecule has 1 atom stereocenters. The third kappa shape index (κ3) is 5.10. The summed E-state index contributed by atoms with van der Waals surface area (Å²) in [5.74, 6) is 0.0453. The van der Waals surface area contributed by atoms with Gasteiger partial charge in [-0.3, -0.25) is 9.59 Å². The van der Waals surface area contributed by atoms with E-state index in [1.165, 1.54) is 27.3 Å². The first-order valence-electron chi connectivity index (χ1n) is 7.76. The number of hydrogen-bond donors (Lipinski definition) is 1. The predicted molar refractivity (Wildman–Crippen MR) is 96.7 cm³/mol. The second-order valence-electron chi connectivity index (χ2n) is 5.32. The van der Waals surface area contributed by atoms with E-state index in [4.69, 9.17) is 25.8 Å². The molecule has 0 aliphatic carbocycles. The Morgan fingerprint density at radius 3 is 2.65 bits per heavy atom. The summed E-state index contributed by atoms with van der Waals surface area (Å²) in [4.78, 5) is 28.1. The van der Waals surface area contributed by atoms with Gasteiger partial charge < -0.3 is 19.5 Å². The smallest absolute Gasteiger partial charge is 0.311 e. The molecule has 8 heteroatoms. The second kappa shape index (κ2) is 9.05. The third-order valence-electron chi connectivity index (χ3n) is 3.52. The third-order valence-corrected chi connectivity index (χ3v) is 3.82. The minimum absolute atomic E-state index is 0.0432. The van der Waals surface area contributed by atoms with Gasteiger partial charge in [0, 0.05) is 17.8 Å². The molecule has 0 radical (unpaired) electrons. The van der Waals surface area contributed by atoms with Crippen molar-refractivity contribution in [3.63, 3.8) is 0 Å². The van der Waals surface area contributed by atoms with E-state index in [1.54, 1.807) is 30.3 Å². The average molecular weight is 379 g/mol. The molecule has 2 aromatic rings. The van der Waals surface area contributed by atoms with Crippen molar-refractivity contribution in [1.29, 1.82) is 0 Å². The molecule has 0 unspecified atom stereocenters. The lowest BCUT2D eigenvalue weighted by molar-refractivity contribution is -0.152. The molecular formula is C18H19ClN2O5. The van der Waals surface area contributed by atoms with Gasteiger partial charge in [-0.2, -0.15) is 0 Å². The Kier molecular flexibility index (Phi) is 6.80. The highest BCUT2D eigenvalue weighted by Crippen LogP contribution is 2.25.